The summed E-state index contributed by atoms with van der Waals surface area (Å²) in [5.74, 6) is 0.977. The lowest BCUT2D eigenvalue weighted by atomic mass is 10.2. The van der Waals surface area contributed by atoms with E-state index >= 15 is 0 Å². The summed E-state index contributed by atoms with van der Waals surface area (Å²) in [7, 11) is 0. The molecule has 1 rings (SSSR count). The van der Waals surface area contributed by atoms with Crippen molar-refractivity contribution in [2.45, 2.75) is 19.9 Å². The van der Waals surface area contributed by atoms with Gasteiger partial charge in [0.1, 0.15) is 5.75 Å². The SMILES string of the molecule is CCOc1ccc(Cl)cc1CNC(=O)CCCl. The lowest BCUT2D eigenvalue weighted by molar-refractivity contribution is -0.120. The van der Waals surface area contributed by atoms with Crippen LogP contribution in [0.4, 0.5) is 0 Å². The lowest BCUT2D eigenvalue weighted by Crippen LogP contribution is -2.23. The van der Waals surface area contributed by atoms with Gasteiger partial charge in [-0.15, -0.1) is 11.6 Å². The Labute approximate surface area is 111 Å². The summed E-state index contributed by atoms with van der Waals surface area (Å²) in [5.41, 5.74) is 0.863. The highest BCUT2D eigenvalue weighted by atomic mass is 35.5. The van der Waals surface area contributed by atoms with Crippen LogP contribution in [0.1, 0.15) is 18.9 Å². The number of amides is 1. The van der Waals surface area contributed by atoms with Crippen molar-refractivity contribution in [1.82, 2.24) is 5.32 Å². The summed E-state index contributed by atoms with van der Waals surface area (Å²) in [6.45, 7) is 2.88. The van der Waals surface area contributed by atoms with E-state index in [0.29, 0.717) is 30.5 Å². The van der Waals surface area contributed by atoms with Gasteiger partial charge in [0.15, 0.2) is 0 Å². The fraction of sp³-hybridized carbons (Fsp3) is 0.417. The van der Waals surface area contributed by atoms with E-state index in [2.05, 4.69) is 5.32 Å². The van der Waals surface area contributed by atoms with E-state index in [0.717, 1.165) is 11.3 Å². The number of nitrogens with one attached hydrogen (secondary N) is 1. The van der Waals surface area contributed by atoms with Gasteiger partial charge in [-0.05, 0) is 25.1 Å². The average molecular weight is 276 g/mol. The summed E-state index contributed by atoms with van der Waals surface area (Å²) < 4.78 is 5.45. The van der Waals surface area contributed by atoms with Crippen LogP contribution in [0.3, 0.4) is 0 Å². The predicted octanol–water partition coefficient (Wildman–Crippen LogP) is 2.98. The molecule has 0 bridgehead atoms. The number of carbonyl (C=O) groups excluding carboxylic acids is 1. The molecule has 1 amide bonds. The summed E-state index contributed by atoms with van der Waals surface area (Å²) in [6, 6.07) is 5.35. The second-order valence-corrected chi connectivity index (χ2v) is 4.22. The number of hydrogen-bond acceptors (Lipinski definition) is 2. The van der Waals surface area contributed by atoms with Gasteiger partial charge in [0.05, 0.1) is 6.61 Å². The van der Waals surface area contributed by atoms with E-state index in [4.69, 9.17) is 27.9 Å². The topological polar surface area (TPSA) is 38.3 Å². The summed E-state index contributed by atoms with van der Waals surface area (Å²) in [4.78, 5) is 11.3. The molecule has 0 radical (unpaired) electrons. The highest BCUT2D eigenvalue weighted by molar-refractivity contribution is 6.30. The first-order chi connectivity index (χ1) is 8.17. The van der Waals surface area contributed by atoms with Crippen LogP contribution in [0.25, 0.3) is 0 Å². The molecule has 94 valence electrons. The zero-order chi connectivity index (χ0) is 12.7. The number of benzene rings is 1. The van der Waals surface area contributed by atoms with E-state index < -0.39 is 0 Å². The molecule has 0 atom stereocenters. The number of hydrogen-bond donors (Lipinski definition) is 1. The van der Waals surface area contributed by atoms with Crippen LogP contribution in [0.15, 0.2) is 18.2 Å². The van der Waals surface area contributed by atoms with Crippen LogP contribution >= 0.6 is 23.2 Å². The van der Waals surface area contributed by atoms with Crippen molar-refractivity contribution in [3.8, 4) is 5.75 Å². The van der Waals surface area contributed by atoms with Gasteiger partial charge in [-0.2, -0.15) is 0 Å². The Morgan fingerprint density at radius 1 is 1.47 bits per heavy atom. The Morgan fingerprint density at radius 2 is 2.24 bits per heavy atom. The van der Waals surface area contributed by atoms with Gasteiger partial charge in [0.25, 0.3) is 0 Å². The van der Waals surface area contributed by atoms with Crippen LogP contribution in [0.5, 0.6) is 5.75 Å². The van der Waals surface area contributed by atoms with Crippen LogP contribution < -0.4 is 10.1 Å². The van der Waals surface area contributed by atoms with Crippen molar-refractivity contribution in [3.63, 3.8) is 0 Å². The molecule has 3 nitrogen and oxygen atoms in total. The fourth-order valence-corrected chi connectivity index (χ4v) is 1.72. The van der Waals surface area contributed by atoms with Crippen molar-refractivity contribution in [3.05, 3.63) is 28.8 Å². The molecule has 0 heterocycles. The molecule has 0 saturated heterocycles. The maximum absolute atomic E-state index is 11.3. The molecule has 5 heteroatoms. The van der Waals surface area contributed by atoms with Crippen LogP contribution in [-0.4, -0.2) is 18.4 Å². The van der Waals surface area contributed by atoms with Crippen LogP contribution in [0.2, 0.25) is 5.02 Å². The maximum atomic E-state index is 11.3. The molecule has 0 fully saturated rings. The monoisotopic (exact) mass is 275 g/mol. The molecule has 1 aromatic rings. The Kier molecular flexibility index (Phi) is 6.16. The van der Waals surface area contributed by atoms with Crippen molar-refractivity contribution in [2.75, 3.05) is 12.5 Å². The molecule has 0 spiro atoms. The van der Waals surface area contributed by atoms with E-state index in [1.54, 1.807) is 18.2 Å². The van der Waals surface area contributed by atoms with Gasteiger partial charge in [-0.25, -0.2) is 0 Å². The minimum Gasteiger partial charge on any atom is -0.494 e. The molecule has 0 saturated carbocycles. The first-order valence-electron chi connectivity index (χ1n) is 5.41. The maximum Gasteiger partial charge on any atom is 0.221 e. The van der Waals surface area contributed by atoms with E-state index in [1.165, 1.54) is 0 Å². The van der Waals surface area contributed by atoms with Gasteiger partial charge in [-0.1, -0.05) is 11.6 Å². The number of alkyl halides is 1. The zero-order valence-corrected chi connectivity index (χ0v) is 11.1. The van der Waals surface area contributed by atoms with Crippen molar-refractivity contribution in [2.24, 2.45) is 0 Å². The second-order valence-electron chi connectivity index (χ2n) is 3.40. The quantitative estimate of drug-likeness (QED) is 0.811. The smallest absolute Gasteiger partial charge is 0.221 e. The Hall–Kier alpha value is -0.930. The van der Waals surface area contributed by atoms with Gasteiger partial charge in [0.2, 0.25) is 5.91 Å². The van der Waals surface area contributed by atoms with E-state index in [-0.39, 0.29) is 5.91 Å². The number of ether oxygens (including phenoxy) is 1. The molecule has 1 N–H and O–H groups in total. The predicted molar refractivity (Wildman–Crippen MR) is 69.8 cm³/mol. The summed E-state index contributed by atoms with van der Waals surface area (Å²) in [5, 5.41) is 3.38. The van der Waals surface area contributed by atoms with Crippen LogP contribution in [-0.2, 0) is 11.3 Å². The molecule has 17 heavy (non-hydrogen) atoms. The van der Waals surface area contributed by atoms with Gasteiger partial charge in [-0.3, -0.25) is 4.79 Å². The normalized spacial score (nSPS) is 10.1. The third-order valence-corrected chi connectivity index (χ3v) is 2.54. The summed E-state index contributed by atoms with van der Waals surface area (Å²) >= 11 is 11.4. The lowest BCUT2D eigenvalue weighted by Gasteiger charge is -2.11. The standard InChI is InChI=1S/C12H15Cl2NO2/c1-2-17-11-4-3-10(14)7-9(11)8-15-12(16)5-6-13/h3-4,7H,2,5-6,8H2,1H3,(H,15,16). The minimum absolute atomic E-state index is 0.0811. The van der Waals surface area contributed by atoms with E-state index in [1.807, 2.05) is 6.92 Å². The Morgan fingerprint density at radius 3 is 2.88 bits per heavy atom. The molecule has 0 aromatic heterocycles. The van der Waals surface area contributed by atoms with Gasteiger partial charge < -0.3 is 10.1 Å². The van der Waals surface area contributed by atoms with Gasteiger partial charge >= 0.3 is 0 Å². The molecular weight excluding hydrogens is 261 g/mol. The van der Waals surface area contributed by atoms with Crippen molar-refractivity contribution in [1.29, 1.82) is 0 Å². The number of carbonyl (C=O) groups is 1. The van der Waals surface area contributed by atoms with Crippen LogP contribution in [0, 0.1) is 0 Å². The highest BCUT2D eigenvalue weighted by Gasteiger charge is 2.06. The number of halogens is 2. The molecular formula is C12H15Cl2NO2. The molecule has 0 unspecified atom stereocenters. The third kappa shape index (κ3) is 4.84. The van der Waals surface area contributed by atoms with Crippen molar-refractivity contribution < 1.29 is 9.53 Å². The Balaban J connectivity index is 2.67. The average Bonchev–Trinajstić information content (AvgIpc) is 2.30. The highest BCUT2D eigenvalue weighted by Crippen LogP contribution is 2.22. The molecule has 0 aliphatic carbocycles. The van der Waals surface area contributed by atoms with Gasteiger partial charge in [0, 0.05) is 29.4 Å². The molecule has 1 aromatic carbocycles. The van der Waals surface area contributed by atoms with Crippen molar-refractivity contribution >= 4 is 29.1 Å². The summed E-state index contributed by atoms with van der Waals surface area (Å²) in [6.07, 6.45) is 0.312. The zero-order valence-electron chi connectivity index (χ0n) is 9.63. The largest absolute Gasteiger partial charge is 0.494 e. The molecule has 0 aliphatic heterocycles. The third-order valence-electron chi connectivity index (χ3n) is 2.12. The molecule has 0 aliphatic rings. The Bertz CT molecular complexity index is 383. The first kappa shape index (κ1) is 14.1. The second kappa shape index (κ2) is 7.41. The minimum atomic E-state index is -0.0811. The number of rotatable bonds is 6. The first-order valence-corrected chi connectivity index (χ1v) is 6.32. The van der Waals surface area contributed by atoms with E-state index in [9.17, 15) is 4.79 Å². The fourth-order valence-electron chi connectivity index (χ4n) is 1.35.